The van der Waals surface area contributed by atoms with Gasteiger partial charge in [-0.05, 0) is 16.8 Å². The fourth-order valence-corrected chi connectivity index (χ4v) is 3.11. The molecule has 1 aromatic heterocycles. The number of halogens is 2. The van der Waals surface area contributed by atoms with Crippen molar-refractivity contribution in [3.05, 3.63) is 80.3 Å². The first-order chi connectivity index (χ1) is 18.4. The third-order valence-corrected chi connectivity index (χ3v) is 4.76. The highest BCUT2D eigenvalue weighted by atomic mass is 19.1. The molecule has 6 N–H and O–H groups in total. The van der Waals surface area contributed by atoms with Crippen LogP contribution in [0.2, 0.25) is 0 Å². The van der Waals surface area contributed by atoms with Crippen LogP contribution < -0.4 is 21.7 Å². The second-order valence-corrected chi connectivity index (χ2v) is 7.01. The van der Waals surface area contributed by atoms with E-state index in [1.54, 1.807) is 18.2 Å². The minimum atomic E-state index is -0.877. The standard InChI is InChI=1S/C20H18F2N14O2/c21-13-7-10(38-6-5-28-34-24)8-14(22)12(13)9-27-15-4-2-1-3-11(15)16(23)18-29-19(31-35-25)17(33-37)20(30-18)32-36-26/h1-4,7-8,23,27H,5-6,9H2,(H4,25,26,29,30,31,32). The van der Waals surface area contributed by atoms with Crippen molar-refractivity contribution in [2.45, 2.75) is 6.54 Å². The molecule has 3 aromatic rings. The summed E-state index contributed by atoms with van der Waals surface area (Å²) in [5, 5.41) is 30.6. The Labute approximate surface area is 211 Å². The fourth-order valence-electron chi connectivity index (χ4n) is 3.11. The summed E-state index contributed by atoms with van der Waals surface area (Å²) in [6.45, 7) is -0.350. The molecule has 0 fully saturated rings. The number of anilines is 1. The molecule has 0 saturated carbocycles. The highest BCUT2D eigenvalue weighted by Gasteiger charge is 2.21. The van der Waals surface area contributed by atoms with E-state index in [2.05, 4.69) is 51.2 Å². The number of hydrogen-bond acceptors (Lipinski definition) is 12. The van der Waals surface area contributed by atoms with Gasteiger partial charge < -0.3 is 21.7 Å². The maximum atomic E-state index is 14.6. The van der Waals surface area contributed by atoms with Crippen molar-refractivity contribution < 1.29 is 13.5 Å². The Morgan fingerprint density at radius 2 is 1.74 bits per heavy atom. The first-order valence-electron chi connectivity index (χ1n) is 10.4. The van der Waals surface area contributed by atoms with Crippen molar-refractivity contribution in [1.82, 2.24) is 9.97 Å². The van der Waals surface area contributed by atoms with Crippen LogP contribution in [0.5, 0.6) is 5.75 Å². The molecule has 0 bridgehead atoms. The van der Waals surface area contributed by atoms with Gasteiger partial charge in [0.05, 0.1) is 13.2 Å². The van der Waals surface area contributed by atoms with Gasteiger partial charge in [-0.2, -0.15) is 0 Å². The van der Waals surface area contributed by atoms with E-state index in [1.807, 2.05) is 0 Å². The highest BCUT2D eigenvalue weighted by molar-refractivity contribution is 6.12. The molecule has 0 atom stereocenters. The van der Waals surface area contributed by atoms with Gasteiger partial charge in [0.2, 0.25) is 17.3 Å². The summed E-state index contributed by atoms with van der Waals surface area (Å²) in [5.74, 6) is 7.27. The van der Waals surface area contributed by atoms with E-state index >= 15 is 0 Å². The van der Waals surface area contributed by atoms with E-state index in [9.17, 15) is 13.7 Å². The summed E-state index contributed by atoms with van der Waals surface area (Å²) in [4.78, 5) is 21.7. The zero-order valence-corrected chi connectivity index (χ0v) is 19.3. The van der Waals surface area contributed by atoms with Gasteiger partial charge in [0.15, 0.2) is 5.82 Å². The van der Waals surface area contributed by atoms with E-state index in [0.29, 0.717) is 5.69 Å². The van der Waals surface area contributed by atoms with Gasteiger partial charge in [-0.15, -0.1) is 15.1 Å². The lowest BCUT2D eigenvalue weighted by atomic mass is 10.1. The van der Waals surface area contributed by atoms with Crippen LogP contribution in [-0.4, -0.2) is 28.8 Å². The molecule has 0 radical (unpaired) electrons. The lowest BCUT2D eigenvalue weighted by molar-refractivity contribution is 0.323. The van der Waals surface area contributed by atoms with E-state index in [-0.39, 0.29) is 59.7 Å². The van der Waals surface area contributed by atoms with Crippen LogP contribution in [0.1, 0.15) is 17.0 Å². The maximum Gasteiger partial charge on any atom is 0.211 e. The molecular weight excluding hydrogens is 506 g/mol. The van der Waals surface area contributed by atoms with Crippen molar-refractivity contribution in [2.75, 3.05) is 18.5 Å². The third-order valence-electron chi connectivity index (χ3n) is 4.76. The Bertz CT molecular complexity index is 1400. The Morgan fingerprint density at radius 3 is 2.32 bits per heavy atom. The smallest absolute Gasteiger partial charge is 0.211 e. The average Bonchev–Trinajstić information content (AvgIpc) is 2.91. The minimum absolute atomic E-state index is 0.00294. The molecule has 194 valence electrons. The van der Waals surface area contributed by atoms with Crippen molar-refractivity contribution >= 4 is 28.7 Å². The van der Waals surface area contributed by atoms with Crippen molar-refractivity contribution in [3.8, 4) is 5.75 Å². The number of rotatable bonds is 12. The molecule has 38 heavy (non-hydrogen) atoms. The summed E-state index contributed by atoms with van der Waals surface area (Å²) < 4.78 is 34.4. The second kappa shape index (κ2) is 12.9. The predicted octanol–water partition coefficient (Wildman–Crippen LogP) is 4.78. The Hall–Kier alpha value is -5.64. The number of para-hydroxylation sites is 1. The number of nitrogens with two attached hydrogens (primary N) is 2. The lowest BCUT2D eigenvalue weighted by Crippen LogP contribution is -2.12. The average molecular weight is 524 g/mol. The van der Waals surface area contributed by atoms with E-state index in [4.69, 9.17) is 27.4 Å². The SMILES string of the molecule is [N-]=[N+]=NCCOc1cc(F)c(CNc2ccccc2C(=N)c2nc(N=NN)c(N=O)c(N=NN)n2)c(F)c1. The van der Waals surface area contributed by atoms with Gasteiger partial charge in [0.25, 0.3) is 0 Å². The summed E-state index contributed by atoms with van der Waals surface area (Å²) in [6.07, 6.45) is 0. The molecule has 16 nitrogen and oxygen atoms in total. The van der Waals surface area contributed by atoms with Gasteiger partial charge in [0.1, 0.15) is 23.1 Å². The molecule has 0 amide bonds. The quantitative estimate of drug-likeness (QED) is 0.0376. The monoisotopic (exact) mass is 524 g/mol. The number of azide groups is 1. The Balaban J connectivity index is 1.89. The number of hydrogen-bond donors (Lipinski definition) is 4. The first-order valence-corrected chi connectivity index (χ1v) is 10.4. The van der Waals surface area contributed by atoms with Gasteiger partial charge >= 0.3 is 0 Å². The molecule has 0 spiro atoms. The van der Waals surface area contributed by atoms with Gasteiger partial charge in [0, 0.05) is 40.4 Å². The van der Waals surface area contributed by atoms with Gasteiger partial charge in [-0.25, -0.2) is 18.7 Å². The molecule has 0 aliphatic rings. The van der Waals surface area contributed by atoms with Crippen molar-refractivity contribution in [3.63, 3.8) is 0 Å². The van der Waals surface area contributed by atoms with Crippen LogP contribution >= 0.6 is 0 Å². The van der Waals surface area contributed by atoms with Gasteiger partial charge in [-0.3, -0.25) is 5.41 Å². The van der Waals surface area contributed by atoms with E-state index < -0.39 is 17.3 Å². The normalized spacial score (nSPS) is 10.9. The second-order valence-electron chi connectivity index (χ2n) is 7.01. The number of aromatic nitrogens is 2. The molecule has 1 heterocycles. The van der Waals surface area contributed by atoms with Crippen LogP contribution in [0, 0.1) is 22.0 Å². The van der Waals surface area contributed by atoms with Crippen LogP contribution in [0.4, 0.5) is 31.8 Å². The molecule has 0 aliphatic carbocycles. The minimum Gasteiger partial charge on any atom is -0.493 e. The highest BCUT2D eigenvalue weighted by Crippen LogP contribution is 2.35. The van der Waals surface area contributed by atoms with E-state index in [0.717, 1.165) is 12.1 Å². The van der Waals surface area contributed by atoms with E-state index in [1.165, 1.54) is 6.07 Å². The fraction of sp³-hybridized carbons (Fsp3) is 0.150. The first kappa shape index (κ1) is 27.0. The maximum absolute atomic E-state index is 14.6. The summed E-state index contributed by atoms with van der Waals surface area (Å²) in [5.41, 5.74) is 7.77. The lowest BCUT2D eigenvalue weighted by Gasteiger charge is -2.14. The topological polar surface area (TPSA) is 251 Å². The Morgan fingerprint density at radius 1 is 1.11 bits per heavy atom. The zero-order chi connectivity index (χ0) is 27.5. The number of ether oxygens (including phenoxy) is 1. The predicted molar refractivity (Wildman–Crippen MR) is 130 cm³/mol. The zero-order valence-electron chi connectivity index (χ0n) is 19.3. The molecular formula is C20H18F2N14O2. The van der Waals surface area contributed by atoms with Crippen molar-refractivity contribution in [1.29, 1.82) is 5.41 Å². The summed E-state index contributed by atoms with van der Waals surface area (Å²) in [6, 6.07) is 8.34. The van der Waals surface area contributed by atoms with Gasteiger partial charge in [-0.1, -0.05) is 33.8 Å². The molecule has 18 heteroatoms. The number of nitrogens with one attached hydrogen (secondary N) is 2. The number of nitroso groups, excluding NO2 is 1. The summed E-state index contributed by atoms with van der Waals surface area (Å²) >= 11 is 0. The molecule has 3 rings (SSSR count). The van der Waals surface area contributed by atoms with Crippen molar-refractivity contribution in [2.24, 2.45) is 42.7 Å². The molecule has 2 aromatic carbocycles. The third kappa shape index (κ3) is 6.32. The summed E-state index contributed by atoms with van der Waals surface area (Å²) in [7, 11) is 0. The molecule has 0 unspecified atom stereocenters. The Kier molecular flexibility index (Phi) is 9.14. The molecule has 0 saturated heterocycles. The van der Waals surface area contributed by atoms with Crippen LogP contribution in [0.25, 0.3) is 10.4 Å². The number of benzene rings is 2. The largest absolute Gasteiger partial charge is 0.493 e. The number of nitrogens with zero attached hydrogens (tertiary/aromatic N) is 10. The van der Waals surface area contributed by atoms with Crippen LogP contribution in [0.3, 0.4) is 0 Å². The molecule has 0 aliphatic heterocycles. The van der Waals surface area contributed by atoms with Crippen LogP contribution in [-0.2, 0) is 6.54 Å². The van der Waals surface area contributed by atoms with Crippen LogP contribution in [0.15, 0.2) is 67.4 Å².